The van der Waals surface area contributed by atoms with Crippen LogP contribution in [0.4, 0.5) is 0 Å². The summed E-state index contributed by atoms with van der Waals surface area (Å²) in [6.07, 6.45) is 7.19. The van der Waals surface area contributed by atoms with Crippen molar-refractivity contribution in [3.8, 4) is 0 Å². The first-order valence-electron chi connectivity index (χ1n) is 9.08. The van der Waals surface area contributed by atoms with Crippen LogP contribution in [0.1, 0.15) is 59.3 Å². The van der Waals surface area contributed by atoms with Gasteiger partial charge >= 0.3 is 0 Å². The van der Waals surface area contributed by atoms with Crippen molar-refractivity contribution in [2.45, 2.75) is 64.8 Å². The summed E-state index contributed by atoms with van der Waals surface area (Å²) >= 11 is 0. The second-order valence-corrected chi connectivity index (χ2v) is 8.71. The Labute approximate surface area is 136 Å². The van der Waals surface area contributed by atoms with E-state index >= 15 is 0 Å². The quantitative estimate of drug-likeness (QED) is 0.442. The fourth-order valence-corrected chi connectivity index (χ4v) is 6.26. The zero-order valence-corrected chi connectivity index (χ0v) is 14.6. The van der Waals surface area contributed by atoms with E-state index in [9.17, 15) is 0 Å². The molecular weight excluding hydrogens is 266 g/mol. The molecule has 1 nitrogen and oxygen atoms in total. The van der Waals surface area contributed by atoms with E-state index in [1.54, 1.807) is 0 Å². The van der Waals surface area contributed by atoms with E-state index in [-0.39, 0.29) is 5.54 Å². The summed E-state index contributed by atoms with van der Waals surface area (Å²) in [6, 6.07) is 0. The lowest BCUT2D eigenvalue weighted by Gasteiger charge is -2.57. The van der Waals surface area contributed by atoms with Crippen LogP contribution in [0.2, 0.25) is 0 Å². The summed E-state index contributed by atoms with van der Waals surface area (Å²) in [5.74, 6) is 4.30. The van der Waals surface area contributed by atoms with Gasteiger partial charge in [-0.05, 0) is 68.6 Å². The smallest absolute Gasteiger partial charge is 0.233 e. The first kappa shape index (κ1) is 15.9. The maximum atomic E-state index is 7.78. The van der Waals surface area contributed by atoms with E-state index in [2.05, 4.69) is 38.8 Å². The lowest BCUT2D eigenvalue weighted by molar-refractivity contribution is -0.0491. The molecule has 0 N–H and O–H groups in total. The van der Waals surface area contributed by atoms with Gasteiger partial charge in [-0.3, -0.25) is 0 Å². The van der Waals surface area contributed by atoms with Gasteiger partial charge in [-0.1, -0.05) is 24.6 Å². The van der Waals surface area contributed by atoms with Crippen LogP contribution in [-0.2, 0) is 0 Å². The summed E-state index contributed by atoms with van der Waals surface area (Å²) in [5.41, 5.74) is 2.68. The highest BCUT2D eigenvalue weighted by Crippen LogP contribution is 2.61. The topological polar surface area (TPSA) is 4.36 Å². The molecule has 0 aliphatic heterocycles. The fourth-order valence-electron chi connectivity index (χ4n) is 6.26. The molecule has 3 saturated carbocycles. The Morgan fingerprint density at radius 2 is 2.14 bits per heavy atom. The lowest BCUT2D eigenvalue weighted by atomic mass is 9.46. The molecule has 1 heteroatoms. The number of nitrogens with zero attached hydrogens (tertiary/aromatic N) is 1. The molecule has 3 fully saturated rings. The van der Waals surface area contributed by atoms with Gasteiger partial charge in [-0.15, -0.1) is 6.58 Å². The molecule has 0 heterocycles. The van der Waals surface area contributed by atoms with Crippen LogP contribution in [0.3, 0.4) is 0 Å². The summed E-state index contributed by atoms with van der Waals surface area (Å²) < 4.78 is 0. The SMILES string of the molecule is [C-]#[N+][C@@]1(C)CC[C@H]2C3[C@@H](C(=C)CC[C@H]31)[C@H](CC(=C)C)C[C@@H]2C. The normalized spacial score (nSPS) is 47.5. The Morgan fingerprint density at radius 1 is 1.41 bits per heavy atom. The van der Waals surface area contributed by atoms with Crippen molar-refractivity contribution in [1.82, 2.24) is 0 Å². The van der Waals surface area contributed by atoms with E-state index in [4.69, 9.17) is 6.57 Å². The van der Waals surface area contributed by atoms with Crippen molar-refractivity contribution in [2.24, 2.45) is 35.5 Å². The van der Waals surface area contributed by atoms with Crippen LogP contribution >= 0.6 is 0 Å². The Kier molecular flexibility index (Phi) is 4.00. The average Bonchev–Trinajstić information content (AvgIpc) is 2.45. The molecule has 3 aliphatic carbocycles. The highest BCUT2D eigenvalue weighted by molar-refractivity contribution is 5.21. The van der Waals surface area contributed by atoms with Gasteiger partial charge in [0.25, 0.3) is 0 Å². The molecule has 0 amide bonds. The second kappa shape index (κ2) is 5.55. The monoisotopic (exact) mass is 297 g/mol. The third kappa shape index (κ3) is 2.36. The first-order valence-corrected chi connectivity index (χ1v) is 9.08. The van der Waals surface area contributed by atoms with E-state index in [0.717, 1.165) is 37.0 Å². The second-order valence-electron chi connectivity index (χ2n) is 8.71. The molecule has 0 aromatic rings. The average molecular weight is 297 g/mol. The highest BCUT2D eigenvalue weighted by Gasteiger charge is 2.59. The van der Waals surface area contributed by atoms with E-state index < -0.39 is 0 Å². The summed E-state index contributed by atoms with van der Waals surface area (Å²) in [6.45, 7) is 23.3. The molecule has 0 aromatic heterocycles. The Hall–Kier alpha value is -1.03. The van der Waals surface area contributed by atoms with Crippen LogP contribution in [0, 0.1) is 42.1 Å². The Balaban J connectivity index is 1.98. The molecule has 0 bridgehead atoms. The molecule has 0 radical (unpaired) electrons. The van der Waals surface area contributed by atoms with Crippen molar-refractivity contribution >= 4 is 0 Å². The number of rotatable bonds is 2. The maximum absolute atomic E-state index is 7.78. The van der Waals surface area contributed by atoms with Crippen molar-refractivity contribution in [3.05, 3.63) is 35.7 Å². The molecule has 3 aliphatic rings. The molecule has 120 valence electrons. The van der Waals surface area contributed by atoms with E-state index in [1.807, 2.05) is 0 Å². The number of hydrogen-bond acceptors (Lipinski definition) is 0. The van der Waals surface area contributed by atoms with Crippen molar-refractivity contribution in [3.63, 3.8) is 0 Å². The zero-order chi connectivity index (χ0) is 16.1. The molecular formula is C21H31N. The van der Waals surface area contributed by atoms with E-state index in [0.29, 0.717) is 17.8 Å². The minimum absolute atomic E-state index is 0.120. The third-order valence-electron chi connectivity index (χ3n) is 7.18. The van der Waals surface area contributed by atoms with Gasteiger partial charge in [0.15, 0.2) is 0 Å². The molecule has 3 rings (SSSR count). The Bertz CT molecular complexity index is 525. The fraction of sp³-hybridized carbons (Fsp3) is 0.762. The Morgan fingerprint density at radius 3 is 2.77 bits per heavy atom. The first-order chi connectivity index (χ1) is 10.4. The molecule has 0 spiro atoms. The highest BCUT2D eigenvalue weighted by atomic mass is 14.8. The van der Waals surface area contributed by atoms with Crippen LogP contribution in [0.25, 0.3) is 4.85 Å². The van der Waals surface area contributed by atoms with Gasteiger partial charge in [-0.25, -0.2) is 6.57 Å². The van der Waals surface area contributed by atoms with Crippen LogP contribution in [0.15, 0.2) is 24.3 Å². The van der Waals surface area contributed by atoms with Gasteiger partial charge < -0.3 is 4.85 Å². The summed E-state index contributed by atoms with van der Waals surface area (Å²) in [5, 5.41) is 0. The van der Waals surface area contributed by atoms with Crippen molar-refractivity contribution < 1.29 is 0 Å². The third-order valence-corrected chi connectivity index (χ3v) is 7.18. The van der Waals surface area contributed by atoms with Gasteiger partial charge in [-0.2, -0.15) is 0 Å². The molecule has 7 atom stereocenters. The van der Waals surface area contributed by atoms with Crippen molar-refractivity contribution in [2.75, 3.05) is 0 Å². The van der Waals surface area contributed by atoms with Gasteiger partial charge in [0.05, 0.1) is 0 Å². The largest absolute Gasteiger partial charge is 0.310 e. The predicted octanol–water partition coefficient (Wildman–Crippen LogP) is 5.90. The standard InChI is InChI=1S/C21H31N/c1-13(2)11-16-12-15(4)17-9-10-21(5,22-6)18-8-7-14(3)19(16)20(17)18/h15-20H,1,3,7-12H2,2,4-5H3/t15-,16+,17+,18+,19-,20?,21-/m0/s1. The lowest BCUT2D eigenvalue weighted by Crippen LogP contribution is -2.55. The predicted molar refractivity (Wildman–Crippen MR) is 93.3 cm³/mol. The van der Waals surface area contributed by atoms with Crippen LogP contribution < -0.4 is 0 Å². The van der Waals surface area contributed by atoms with Crippen molar-refractivity contribution in [1.29, 1.82) is 0 Å². The molecule has 0 saturated heterocycles. The molecule has 22 heavy (non-hydrogen) atoms. The minimum atomic E-state index is -0.120. The van der Waals surface area contributed by atoms with Crippen LogP contribution in [-0.4, -0.2) is 5.54 Å². The van der Waals surface area contributed by atoms with Gasteiger partial charge in [0.1, 0.15) is 0 Å². The molecule has 1 unspecified atom stereocenters. The number of allylic oxidation sites excluding steroid dienone is 2. The van der Waals surface area contributed by atoms with Crippen LogP contribution in [0.5, 0.6) is 0 Å². The summed E-state index contributed by atoms with van der Waals surface area (Å²) in [7, 11) is 0. The van der Waals surface area contributed by atoms with Gasteiger partial charge in [0.2, 0.25) is 5.54 Å². The minimum Gasteiger partial charge on any atom is -0.310 e. The summed E-state index contributed by atoms with van der Waals surface area (Å²) in [4.78, 5) is 4.13. The molecule has 0 aromatic carbocycles. The maximum Gasteiger partial charge on any atom is 0.233 e. The van der Waals surface area contributed by atoms with E-state index in [1.165, 1.54) is 30.4 Å². The van der Waals surface area contributed by atoms with Gasteiger partial charge in [0, 0.05) is 19.3 Å². The zero-order valence-electron chi connectivity index (χ0n) is 14.6. The number of hydrogen-bond donors (Lipinski definition) is 0.